The fourth-order valence-corrected chi connectivity index (χ4v) is 1.59. The van der Waals surface area contributed by atoms with Crippen molar-refractivity contribution in [2.45, 2.75) is 12.5 Å². The molecule has 3 nitrogen and oxygen atoms in total. The molecule has 0 bridgehead atoms. The average Bonchev–Trinajstić information content (AvgIpc) is 2.63. The third-order valence-corrected chi connectivity index (χ3v) is 2.24. The molecule has 1 aliphatic rings. The van der Waals surface area contributed by atoms with E-state index >= 15 is 0 Å². The smallest absolute Gasteiger partial charge is 0.230 e. The Morgan fingerprint density at radius 2 is 2.00 bits per heavy atom. The van der Waals surface area contributed by atoms with Gasteiger partial charge in [0.15, 0.2) is 0 Å². The zero-order valence-corrected chi connectivity index (χ0v) is 7.73. The van der Waals surface area contributed by atoms with Gasteiger partial charge in [-0.3, -0.25) is 4.79 Å². The van der Waals surface area contributed by atoms with Gasteiger partial charge in [0.25, 0.3) is 0 Å². The molecule has 0 spiro atoms. The number of nitrogens with zero attached hydrogens (tertiary/aromatic N) is 2. The van der Waals surface area contributed by atoms with Gasteiger partial charge in [-0.1, -0.05) is 0 Å². The standard InChI is InChI=1S/C10H8F2N2O/c11-8-3-7(4-9(12)5-8)10-1-2-13-14(10)6-15/h2-6,10H,1H2. The van der Waals surface area contributed by atoms with Crippen molar-refractivity contribution in [3.63, 3.8) is 0 Å². The molecular weight excluding hydrogens is 202 g/mol. The highest BCUT2D eigenvalue weighted by Crippen LogP contribution is 2.27. The van der Waals surface area contributed by atoms with Crippen LogP contribution in [0.5, 0.6) is 0 Å². The van der Waals surface area contributed by atoms with Crippen LogP contribution >= 0.6 is 0 Å². The molecule has 0 saturated heterocycles. The summed E-state index contributed by atoms with van der Waals surface area (Å²) in [5, 5.41) is 4.91. The molecule has 1 heterocycles. The van der Waals surface area contributed by atoms with Crippen LogP contribution in [0.2, 0.25) is 0 Å². The van der Waals surface area contributed by atoms with Crippen molar-refractivity contribution < 1.29 is 13.6 Å². The van der Waals surface area contributed by atoms with Crippen LogP contribution in [0.3, 0.4) is 0 Å². The summed E-state index contributed by atoms with van der Waals surface area (Å²) in [7, 11) is 0. The molecule has 0 radical (unpaired) electrons. The minimum absolute atomic E-state index is 0.396. The van der Waals surface area contributed by atoms with Crippen LogP contribution in [0.1, 0.15) is 18.0 Å². The Labute approximate surface area is 85.0 Å². The predicted molar refractivity (Wildman–Crippen MR) is 50.1 cm³/mol. The molecule has 0 aliphatic carbocycles. The Bertz CT molecular complexity index is 400. The Morgan fingerprint density at radius 1 is 1.33 bits per heavy atom. The second kappa shape index (κ2) is 3.76. The van der Waals surface area contributed by atoms with Crippen LogP contribution in [0.25, 0.3) is 0 Å². The summed E-state index contributed by atoms with van der Waals surface area (Å²) in [6.07, 6.45) is 2.56. The maximum Gasteiger partial charge on any atom is 0.230 e. The maximum absolute atomic E-state index is 12.9. The number of rotatable bonds is 2. The summed E-state index contributed by atoms with van der Waals surface area (Å²) >= 11 is 0. The predicted octanol–water partition coefficient (Wildman–Crippen LogP) is 1.85. The monoisotopic (exact) mass is 210 g/mol. The van der Waals surface area contributed by atoms with E-state index in [9.17, 15) is 13.6 Å². The molecule has 1 amide bonds. The number of amides is 1. The Kier molecular flexibility index (Phi) is 2.45. The number of hydrazone groups is 1. The van der Waals surface area contributed by atoms with Crippen molar-refractivity contribution in [2.75, 3.05) is 0 Å². The van der Waals surface area contributed by atoms with Gasteiger partial charge < -0.3 is 0 Å². The molecule has 0 aromatic heterocycles. The van der Waals surface area contributed by atoms with Gasteiger partial charge in [0.1, 0.15) is 11.6 Å². The van der Waals surface area contributed by atoms with Gasteiger partial charge in [-0.2, -0.15) is 5.10 Å². The van der Waals surface area contributed by atoms with Gasteiger partial charge in [0.2, 0.25) is 6.41 Å². The zero-order chi connectivity index (χ0) is 10.8. The van der Waals surface area contributed by atoms with Crippen molar-refractivity contribution >= 4 is 12.6 Å². The molecule has 5 heteroatoms. The highest BCUT2D eigenvalue weighted by atomic mass is 19.1. The summed E-state index contributed by atoms with van der Waals surface area (Å²) in [6, 6.07) is 2.82. The summed E-state index contributed by atoms with van der Waals surface area (Å²) in [4.78, 5) is 10.6. The molecular formula is C10H8F2N2O. The van der Waals surface area contributed by atoms with Crippen molar-refractivity contribution in [2.24, 2.45) is 5.10 Å². The molecule has 15 heavy (non-hydrogen) atoms. The first-order chi connectivity index (χ1) is 7.20. The van der Waals surface area contributed by atoms with E-state index in [1.54, 1.807) is 6.21 Å². The first-order valence-corrected chi connectivity index (χ1v) is 4.43. The molecule has 2 rings (SSSR count). The lowest BCUT2D eigenvalue weighted by Crippen LogP contribution is -2.17. The van der Waals surface area contributed by atoms with Gasteiger partial charge in [0.05, 0.1) is 6.04 Å². The Balaban J connectivity index is 2.33. The van der Waals surface area contributed by atoms with Crippen LogP contribution in [-0.2, 0) is 4.79 Å². The molecule has 0 fully saturated rings. The highest BCUT2D eigenvalue weighted by Gasteiger charge is 2.23. The lowest BCUT2D eigenvalue weighted by atomic mass is 10.0. The van der Waals surface area contributed by atoms with Crippen LogP contribution in [0, 0.1) is 11.6 Å². The first kappa shape index (κ1) is 9.76. The van der Waals surface area contributed by atoms with Crippen molar-refractivity contribution in [3.05, 3.63) is 35.4 Å². The third kappa shape index (κ3) is 1.86. The third-order valence-electron chi connectivity index (χ3n) is 2.24. The van der Waals surface area contributed by atoms with Crippen LogP contribution in [0.15, 0.2) is 23.3 Å². The van der Waals surface area contributed by atoms with E-state index in [-0.39, 0.29) is 0 Å². The number of hydrogen-bond donors (Lipinski definition) is 0. The van der Waals surface area contributed by atoms with E-state index < -0.39 is 17.7 Å². The average molecular weight is 210 g/mol. The Morgan fingerprint density at radius 3 is 2.60 bits per heavy atom. The molecule has 1 unspecified atom stereocenters. The van der Waals surface area contributed by atoms with Crippen molar-refractivity contribution in [1.82, 2.24) is 5.01 Å². The number of halogens is 2. The maximum atomic E-state index is 12.9. The highest BCUT2D eigenvalue weighted by molar-refractivity contribution is 5.65. The summed E-state index contributed by atoms with van der Waals surface area (Å²) in [6.45, 7) is 0. The molecule has 0 N–H and O–H groups in total. The summed E-state index contributed by atoms with van der Waals surface area (Å²) in [5.74, 6) is -1.30. The van der Waals surface area contributed by atoms with Gasteiger partial charge >= 0.3 is 0 Å². The molecule has 1 aromatic rings. The van der Waals surface area contributed by atoms with Gasteiger partial charge in [-0.05, 0) is 17.7 Å². The second-order valence-electron chi connectivity index (χ2n) is 3.24. The van der Waals surface area contributed by atoms with Gasteiger partial charge in [-0.25, -0.2) is 13.8 Å². The summed E-state index contributed by atoms with van der Waals surface area (Å²) in [5.41, 5.74) is 0.414. The lowest BCUT2D eigenvalue weighted by Gasteiger charge is -2.17. The molecule has 0 saturated carbocycles. The topological polar surface area (TPSA) is 32.7 Å². The zero-order valence-electron chi connectivity index (χ0n) is 7.73. The largest absolute Gasteiger partial charge is 0.277 e. The quantitative estimate of drug-likeness (QED) is 0.685. The fraction of sp³-hybridized carbons (Fsp3) is 0.200. The fourth-order valence-electron chi connectivity index (χ4n) is 1.59. The molecule has 1 aliphatic heterocycles. The molecule has 1 aromatic carbocycles. The summed E-state index contributed by atoms with van der Waals surface area (Å²) < 4.78 is 25.8. The number of carbonyl (C=O) groups is 1. The van der Waals surface area contributed by atoms with E-state index in [4.69, 9.17) is 0 Å². The SMILES string of the molecule is O=CN1N=CCC1c1cc(F)cc(F)c1. The molecule has 1 atom stereocenters. The van der Waals surface area contributed by atoms with E-state index in [0.717, 1.165) is 11.1 Å². The number of benzene rings is 1. The minimum atomic E-state index is -0.650. The van der Waals surface area contributed by atoms with Crippen LogP contribution < -0.4 is 0 Å². The van der Waals surface area contributed by atoms with Crippen molar-refractivity contribution in [3.8, 4) is 0 Å². The van der Waals surface area contributed by atoms with E-state index in [2.05, 4.69) is 5.10 Å². The second-order valence-corrected chi connectivity index (χ2v) is 3.24. The Hall–Kier alpha value is -1.78. The van der Waals surface area contributed by atoms with Crippen molar-refractivity contribution in [1.29, 1.82) is 0 Å². The number of hydrogen-bond acceptors (Lipinski definition) is 2. The van der Waals surface area contributed by atoms with E-state index in [1.807, 2.05) is 0 Å². The van der Waals surface area contributed by atoms with Gasteiger partial charge in [0, 0.05) is 18.7 Å². The van der Waals surface area contributed by atoms with Crippen LogP contribution in [-0.4, -0.2) is 17.6 Å². The van der Waals surface area contributed by atoms with Crippen LogP contribution in [0.4, 0.5) is 8.78 Å². The lowest BCUT2D eigenvalue weighted by molar-refractivity contribution is -0.119. The minimum Gasteiger partial charge on any atom is -0.277 e. The number of carbonyl (C=O) groups excluding carboxylic acids is 1. The molecule has 78 valence electrons. The van der Waals surface area contributed by atoms with E-state index in [1.165, 1.54) is 12.1 Å². The normalized spacial score (nSPS) is 19.6. The first-order valence-electron chi connectivity index (χ1n) is 4.43. The van der Waals surface area contributed by atoms with E-state index in [0.29, 0.717) is 18.4 Å². The van der Waals surface area contributed by atoms with Gasteiger partial charge in [-0.15, -0.1) is 0 Å².